The molecule has 1 heterocycles. The second kappa shape index (κ2) is 6.83. The molecule has 1 amide bonds. The Morgan fingerprint density at radius 2 is 2.05 bits per heavy atom. The van der Waals surface area contributed by atoms with E-state index in [4.69, 9.17) is 5.73 Å². The van der Waals surface area contributed by atoms with Gasteiger partial charge in [0.15, 0.2) is 0 Å². The van der Waals surface area contributed by atoms with E-state index in [2.05, 4.69) is 10.3 Å². The Bertz CT molecular complexity index is 606. The number of anilines is 1. The van der Waals surface area contributed by atoms with E-state index in [1.165, 1.54) is 0 Å². The number of aromatic nitrogens is 1. The summed E-state index contributed by atoms with van der Waals surface area (Å²) >= 11 is 1.63. The van der Waals surface area contributed by atoms with E-state index < -0.39 is 6.04 Å². The molecule has 3 N–H and O–H groups in total. The average Bonchev–Trinajstić information content (AvgIpc) is 2.93. The predicted octanol–water partition coefficient (Wildman–Crippen LogP) is 3.43. The number of benzene rings is 1. The molecule has 0 bridgehead atoms. The van der Waals surface area contributed by atoms with Crippen LogP contribution in [0, 0.1) is 12.8 Å². The predicted molar refractivity (Wildman–Crippen MR) is 88.3 cm³/mol. The Labute approximate surface area is 129 Å². The van der Waals surface area contributed by atoms with Gasteiger partial charge in [0.2, 0.25) is 5.91 Å². The number of carbonyl (C=O) groups excluding carboxylic acids is 1. The lowest BCUT2D eigenvalue weighted by atomic mass is 9.99. The van der Waals surface area contributed by atoms with Crippen LogP contribution in [0.5, 0.6) is 0 Å². The largest absolute Gasteiger partial charge is 0.325 e. The van der Waals surface area contributed by atoms with Crippen molar-refractivity contribution < 1.29 is 4.79 Å². The maximum absolute atomic E-state index is 12.0. The number of nitrogens with zero attached hydrogens (tertiary/aromatic N) is 1. The van der Waals surface area contributed by atoms with Crippen LogP contribution in [0.1, 0.15) is 25.3 Å². The van der Waals surface area contributed by atoms with Gasteiger partial charge in [-0.15, -0.1) is 11.3 Å². The molecule has 0 unspecified atom stereocenters. The molecule has 4 nitrogen and oxygen atoms in total. The van der Waals surface area contributed by atoms with E-state index in [-0.39, 0.29) is 11.8 Å². The minimum absolute atomic E-state index is 0.137. The summed E-state index contributed by atoms with van der Waals surface area (Å²) in [6.45, 7) is 6.00. The Morgan fingerprint density at radius 1 is 1.38 bits per heavy atom. The quantitative estimate of drug-likeness (QED) is 0.889. The number of nitrogens with one attached hydrogen (secondary N) is 1. The lowest BCUT2D eigenvalue weighted by Gasteiger charge is -2.17. The van der Waals surface area contributed by atoms with Gasteiger partial charge in [0.05, 0.1) is 16.7 Å². The first-order valence-corrected chi connectivity index (χ1v) is 7.98. The van der Waals surface area contributed by atoms with E-state index in [0.29, 0.717) is 0 Å². The first-order chi connectivity index (χ1) is 10.0. The van der Waals surface area contributed by atoms with Crippen molar-refractivity contribution in [2.45, 2.75) is 33.2 Å². The number of hydrogen-bond donors (Lipinski definition) is 2. The smallest absolute Gasteiger partial charge is 0.241 e. The van der Waals surface area contributed by atoms with Gasteiger partial charge in [0, 0.05) is 16.6 Å². The second-order valence-electron chi connectivity index (χ2n) is 5.23. The minimum atomic E-state index is -0.476. The summed E-state index contributed by atoms with van der Waals surface area (Å²) in [5, 5.41) is 5.93. The van der Waals surface area contributed by atoms with Gasteiger partial charge in [0.25, 0.3) is 0 Å². The van der Waals surface area contributed by atoms with Crippen LogP contribution in [0.3, 0.4) is 0 Å². The number of thiazole rings is 1. The van der Waals surface area contributed by atoms with Crippen LogP contribution >= 0.6 is 11.3 Å². The van der Waals surface area contributed by atoms with Gasteiger partial charge in [-0.25, -0.2) is 4.98 Å². The molecule has 1 aromatic carbocycles. The third kappa shape index (κ3) is 3.89. The van der Waals surface area contributed by atoms with E-state index in [1.807, 2.05) is 50.4 Å². The van der Waals surface area contributed by atoms with Crippen LogP contribution in [0.4, 0.5) is 5.69 Å². The molecule has 2 aromatic rings. The van der Waals surface area contributed by atoms with Gasteiger partial charge >= 0.3 is 0 Å². The SMILES string of the molecule is CC[C@H](C)[C@H](N)C(=O)Nc1ccc(-c2csc(C)n2)cc1. The monoisotopic (exact) mass is 303 g/mol. The molecule has 2 rings (SSSR count). The van der Waals surface area contributed by atoms with Crippen LogP contribution in [-0.4, -0.2) is 16.9 Å². The maximum atomic E-state index is 12.0. The summed E-state index contributed by atoms with van der Waals surface area (Å²) in [7, 11) is 0. The van der Waals surface area contributed by atoms with Crippen molar-refractivity contribution in [3.05, 3.63) is 34.7 Å². The maximum Gasteiger partial charge on any atom is 0.241 e. The Balaban J connectivity index is 2.04. The molecule has 0 saturated heterocycles. The van der Waals surface area contributed by atoms with Gasteiger partial charge in [0.1, 0.15) is 0 Å². The number of nitrogens with two attached hydrogens (primary N) is 1. The highest BCUT2D eigenvalue weighted by Gasteiger charge is 2.19. The lowest BCUT2D eigenvalue weighted by molar-refractivity contribution is -0.118. The van der Waals surface area contributed by atoms with Crippen LogP contribution < -0.4 is 11.1 Å². The van der Waals surface area contributed by atoms with E-state index in [9.17, 15) is 4.79 Å². The molecule has 0 aliphatic rings. The van der Waals surface area contributed by atoms with E-state index in [1.54, 1.807) is 11.3 Å². The van der Waals surface area contributed by atoms with Gasteiger partial charge < -0.3 is 11.1 Å². The lowest BCUT2D eigenvalue weighted by Crippen LogP contribution is -2.40. The molecule has 21 heavy (non-hydrogen) atoms. The summed E-state index contributed by atoms with van der Waals surface area (Å²) in [6.07, 6.45) is 0.886. The van der Waals surface area contributed by atoms with Crippen molar-refractivity contribution in [3.8, 4) is 11.3 Å². The van der Waals surface area contributed by atoms with Crippen LogP contribution in [0.25, 0.3) is 11.3 Å². The van der Waals surface area contributed by atoms with Crippen LogP contribution in [-0.2, 0) is 4.79 Å². The summed E-state index contributed by atoms with van der Waals surface area (Å²) in [5.41, 5.74) is 8.69. The van der Waals surface area contributed by atoms with E-state index >= 15 is 0 Å². The van der Waals surface area contributed by atoms with Crippen molar-refractivity contribution in [2.75, 3.05) is 5.32 Å². The zero-order chi connectivity index (χ0) is 15.4. The summed E-state index contributed by atoms with van der Waals surface area (Å²) in [6, 6.07) is 7.20. The number of hydrogen-bond acceptors (Lipinski definition) is 4. The first kappa shape index (κ1) is 15.7. The highest BCUT2D eigenvalue weighted by Crippen LogP contribution is 2.23. The fourth-order valence-corrected chi connectivity index (χ4v) is 2.58. The number of aryl methyl sites for hydroxylation is 1. The van der Waals surface area contributed by atoms with Crippen LogP contribution in [0.15, 0.2) is 29.6 Å². The molecule has 5 heteroatoms. The Kier molecular flexibility index (Phi) is 5.09. The molecule has 1 aromatic heterocycles. The molecular formula is C16H21N3OS. The van der Waals surface area contributed by atoms with Crippen molar-refractivity contribution in [1.29, 1.82) is 0 Å². The first-order valence-electron chi connectivity index (χ1n) is 7.10. The Hall–Kier alpha value is -1.72. The standard InChI is InChI=1S/C16H21N3OS/c1-4-10(2)15(17)16(20)19-13-7-5-12(6-8-13)14-9-21-11(3)18-14/h5-10,15H,4,17H2,1-3H3,(H,19,20)/t10-,15-/m0/s1. The zero-order valence-corrected chi connectivity index (χ0v) is 13.4. The van der Waals surface area contributed by atoms with Crippen molar-refractivity contribution in [1.82, 2.24) is 4.98 Å². The second-order valence-corrected chi connectivity index (χ2v) is 6.29. The normalized spacial score (nSPS) is 13.7. The van der Waals surface area contributed by atoms with Gasteiger partial charge in [-0.2, -0.15) is 0 Å². The summed E-state index contributed by atoms with van der Waals surface area (Å²) < 4.78 is 0. The summed E-state index contributed by atoms with van der Waals surface area (Å²) in [4.78, 5) is 16.5. The highest BCUT2D eigenvalue weighted by atomic mass is 32.1. The van der Waals surface area contributed by atoms with Crippen molar-refractivity contribution in [3.63, 3.8) is 0 Å². The third-order valence-electron chi connectivity index (χ3n) is 3.63. The van der Waals surface area contributed by atoms with Crippen molar-refractivity contribution >= 4 is 22.9 Å². The zero-order valence-electron chi connectivity index (χ0n) is 12.6. The molecule has 0 fully saturated rings. The average molecular weight is 303 g/mol. The summed E-state index contributed by atoms with van der Waals surface area (Å²) in [5.74, 6) is 0.0313. The molecule has 112 valence electrons. The number of rotatable bonds is 5. The molecule has 0 aliphatic heterocycles. The molecule has 0 saturated carbocycles. The molecule has 0 radical (unpaired) electrons. The fourth-order valence-electron chi connectivity index (χ4n) is 1.96. The van der Waals surface area contributed by atoms with Gasteiger partial charge in [-0.05, 0) is 25.0 Å². The molecular weight excluding hydrogens is 282 g/mol. The molecule has 0 aliphatic carbocycles. The Morgan fingerprint density at radius 3 is 2.57 bits per heavy atom. The third-order valence-corrected chi connectivity index (χ3v) is 4.40. The van der Waals surface area contributed by atoms with Crippen LogP contribution in [0.2, 0.25) is 0 Å². The fraction of sp³-hybridized carbons (Fsp3) is 0.375. The van der Waals surface area contributed by atoms with Crippen molar-refractivity contribution in [2.24, 2.45) is 11.7 Å². The number of amides is 1. The van der Waals surface area contributed by atoms with Gasteiger partial charge in [-0.3, -0.25) is 4.79 Å². The minimum Gasteiger partial charge on any atom is -0.325 e. The van der Waals surface area contributed by atoms with E-state index in [0.717, 1.165) is 28.4 Å². The topological polar surface area (TPSA) is 68.0 Å². The van der Waals surface area contributed by atoms with Gasteiger partial charge in [-0.1, -0.05) is 32.4 Å². The molecule has 0 spiro atoms. The highest BCUT2D eigenvalue weighted by molar-refractivity contribution is 7.09. The molecule has 2 atom stereocenters. The number of carbonyl (C=O) groups is 1.